The summed E-state index contributed by atoms with van der Waals surface area (Å²) >= 11 is 0. The number of nitrogens with one attached hydrogen (secondary N) is 1. The topological polar surface area (TPSA) is 91.4 Å². The predicted molar refractivity (Wildman–Crippen MR) is 129 cm³/mol. The summed E-state index contributed by atoms with van der Waals surface area (Å²) in [7, 11) is 3.16. The van der Waals surface area contributed by atoms with Crippen LogP contribution in [0.1, 0.15) is 16.2 Å². The number of amides is 1. The van der Waals surface area contributed by atoms with Crippen molar-refractivity contribution in [2.75, 3.05) is 19.5 Å². The van der Waals surface area contributed by atoms with Gasteiger partial charge in [-0.3, -0.25) is 4.79 Å². The second-order valence-corrected chi connectivity index (χ2v) is 7.61. The number of benzene rings is 3. The number of carbonyl (C=O) groups is 1. The van der Waals surface area contributed by atoms with Crippen molar-refractivity contribution in [3.8, 4) is 28.4 Å². The van der Waals surface area contributed by atoms with Crippen LogP contribution in [-0.4, -0.2) is 34.9 Å². The van der Waals surface area contributed by atoms with Gasteiger partial charge in [0.15, 0.2) is 11.5 Å². The minimum absolute atomic E-state index is 0.311. The Hall–Kier alpha value is -4.59. The second kappa shape index (κ2) is 8.74. The molecule has 0 radical (unpaired) electrons. The van der Waals surface area contributed by atoms with Crippen LogP contribution in [0.15, 0.2) is 77.3 Å². The van der Waals surface area contributed by atoms with E-state index in [4.69, 9.17) is 19.0 Å². The van der Waals surface area contributed by atoms with Gasteiger partial charge in [-0.2, -0.15) is 5.10 Å². The molecule has 0 saturated heterocycles. The maximum absolute atomic E-state index is 13.4. The van der Waals surface area contributed by atoms with E-state index in [2.05, 4.69) is 10.3 Å². The molecular weight excluding hydrogens is 432 g/mol. The summed E-state index contributed by atoms with van der Waals surface area (Å²) in [6.07, 6.45) is 1.71. The number of carbonyl (C=O) groups excluding carboxylic acids is 1. The monoisotopic (exact) mass is 454 g/mol. The van der Waals surface area contributed by atoms with Crippen LogP contribution in [0.4, 0.5) is 5.69 Å². The Labute approximate surface area is 195 Å². The first-order valence-electron chi connectivity index (χ1n) is 10.6. The first-order chi connectivity index (χ1) is 16.6. The molecule has 8 heteroatoms. The Kier molecular flexibility index (Phi) is 5.47. The summed E-state index contributed by atoms with van der Waals surface area (Å²) < 4.78 is 18.1. The molecule has 3 aromatic carbocycles. The summed E-state index contributed by atoms with van der Waals surface area (Å²) in [6.45, 7) is 1.78. The van der Waals surface area contributed by atoms with Gasteiger partial charge in [0.2, 0.25) is 0 Å². The number of hydrogen-bond donors (Lipinski definition) is 1. The molecule has 0 saturated carbocycles. The summed E-state index contributed by atoms with van der Waals surface area (Å²) in [6, 6.07) is 20.3. The molecule has 2 heterocycles. The van der Waals surface area contributed by atoms with Gasteiger partial charge in [-0.1, -0.05) is 18.2 Å². The Balaban J connectivity index is 1.58. The fraction of sp³-hybridized carbons (Fsp3) is 0.115. The van der Waals surface area contributed by atoms with Crippen LogP contribution in [0.3, 0.4) is 0 Å². The molecule has 5 aromatic rings. The molecule has 0 aliphatic heterocycles. The van der Waals surface area contributed by atoms with Crippen LogP contribution >= 0.6 is 0 Å². The maximum Gasteiger partial charge on any atom is 0.259 e. The zero-order chi connectivity index (χ0) is 23.7. The summed E-state index contributed by atoms with van der Waals surface area (Å²) in [5, 5.41) is 7.69. The largest absolute Gasteiger partial charge is 0.497 e. The van der Waals surface area contributed by atoms with Gasteiger partial charge < -0.3 is 19.2 Å². The molecule has 5 rings (SSSR count). The van der Waals surface area contributed by atoms with E-state index in [1.807, 2.05) is 42.5 Å². The maximum atomic E-state index is 13.4. The third-order valence-corrected chi connectivity index (χ3v) is 5.40. The average Bonchev–Trinajstić information content (AvgIpc) is 3.47. The van der Waals surface area contributed by atoms with Gasteiger partial charge in [0.1, 0.15) is 22.7 Å². The van der Waals surface area contributed by atoms with Crippen molar-refractivity contribution < 1.29 is 18.7 Å². The van der Waals surface area contributed by atoms with Gasteiger partial charge in [-0.15, -0.1) is 0 Å². The number of ether oxygens (including phenoxy) is 2. The highest BCUT2D eigenvalue weighted by molar-refractivity contribution is 6.09. The number of oxazole rings is 1. The van der Waals surface area contributed by atoms with Crippen LogP contribution in [0.5, 0.6) is 11.5 Å². The number of para-hydroxylation sites is 1. The number of anilines is 1. The van der Waals surface area contributed by atoms with Gasteiger partial charge in [-0.25, -0.2) is 9.67 Å². The summed E-state index contributed by atoms with van der Waals surface area (Å²) in [4.78, 5) is 17.8. The summed E-state index contributed by atoms with van der Waals surface area (Å²) in [5.74, 6) is 1.45. The van der Waals surface area contributed by atoms with Crippen LogP contribution < -0.4 is 14.8 Å². The highest BCUT2D eigenvalue weighted by Crippen LogP contribution is 2.35. The number of aryl methyl sites for hydroxylation is 1. The number of fused-ring (bicyclic) bond motifs is 1. The first kappa shape index (κ1) is 21.3. The van der Waals surface area contributed by atoms with E-state index in [1.165, 1.54) is 0 Å². The Morgan fingerprint density at radius 2 is 1.82 bits per heavy atom. The van der Waals surface area contributed by atoms with Crippen molar-refractivity contribution in [1.29, 1.82) is 0 Å². The zero-order valence-electron chi connectivity index (χ0n) is 18.9. The van der Waals surface area contributed by atoms with E-state index in [1.54, 1.807) is 56.3 Å². The molecule has 8 nitrogen and oxygen atoms in total. The Morgan fingerprint density at radius 3 is 2.59 bits per heavy atom. The van der Waals surface area contributed by atoms with E-state index in [0.717, 1.165) is 5.69 Å². The smallest absolute Gasteiger partial charge is 0.259 e. The number of methoxy groups -OCH3 is 2. The van der Waals surface area contributed by atoms with Crippen LogP contribution in [0, 0.1) is 6.92 Å². The van der Waals surface area contributed by atoms with Crippen LogP contribution in [-0.2, 0) is 0 Å². The van der Waals surface area contributed by atoms with Crippen molar-refractivity contribution in [3.63, 3.8) is 0 Å². The average molecular weight is 454 g/mol. The number of hydrogen-bond acceptors (Lipinski definition) is 6. The van der Waals surface area contributed by atoms with Crippen LogP contribution in [0.2, 0.25) is 0 Å². The molecule has 2 aromatic heterocycles. The molecule has 0 unspecified atom stereocenters. The lowest BCUT2D eigenvalue weighted by atomic mass is 10.1. The van der Waals surface area contributed by atoms with Crippen molar-refractivity contribution >= 4 is 22.7 Å². The molecule has 0 aliphatic rings. The molecule has 34 heavy (non-hydrogen) atoms. The van der Waals surface area contributed by atoms with E-state index >= 15 is 0 Å². The molecule has 0 fully saturated rings. The lowest BCUT2D eigenvalue weighted by Crippen LogP contribution is -2.12. The van der Waals surface area contributed by atoms with Gasteiger partial charge in [0.25, 0.3) is 5.91 Å². The number of aromatic nitrogens is 3. The van der Waals surface area contributed by atoms with Crippen molar-refractivity contribution in [2.45, 2.75) is 6.92 Å². The fourth-order valence-corrected chi connectivity index (χ4v) is 3.76. The minimum Gasteiger partial charge on any atom is -0.497 e. The van der Waals surface area contributed by atoms with E-state index < -0.39 is 0 Å². The lowest BCUT2D eigenvalue weighted by molar-refractivity contribution is 0.102. The van der Waals surface area contributed by atoms with Crippen molar-refractivity contribution in [3.05, 3.63) is 84.4 Å². The minimum atomic E-state index is -0.311. The van der Waals surface area contributed by atoms with Gasteiger partial charge in [-0.05, 0) is 42.5 Å². The van der Waals surface area contributed by atoms with E-state index in [-0.39, 0.29) is 5.91 Å². The van der Waals surface area contributed by atoms with Gasteiger partial charge in [0.05, 0.1) is 25.5 Å². The van der Waals surface area contributed by atoms with Crippen LogP contribution in [0.25, 0.3) is 28.0 Å². The fourth-order valence-electron chi connectivity index (χ4n) is 3.76. The summed E-state index contributed by atoms with van der Waals surface area (Å²) in [5.41, 5.74) is 4.32. The molecule has 0 spiro atoms. The van der Waals surface area contributed by atoms with Gasteiger partial charge in [0, 0.05) is 30.4 Å². The molecular formula is C26H22N4O4. The number of rotatable bonds is 6. The second-order valence-electron chi connectivity index (χ2n) is 7.61. The van der Waals surface area contributed by atoms with E-state index in [9.17, 15) is 4.79 Å². The molecule has 0 aliphatic carbocycles. The van der Waals surface area contributed by atoms with Gasteiger partial charge >= 0.3 is 0 Å². The third-order valence-electron chi connectivity index (χ3n) is 5.40. The zero-order valence-corrected chi connectivity index (χ0v) is 18.9. The molecule has 1 amide bonds. The normalized spacial score (nSPS) is 10.9. The lowest BCUT2D eigenvalue weighted by Gasteiger charge is -2.10. The number of nitrogens with zero attached hydrogens (tertiary/aromatic N) is 3. The molecule has 0 atom stereocenters. The highest BCUT2D eigenvalue weighted by atomic mass is 16.5. The molecule has 1 N–H and O–H groups in total. The molecule has 170 valence electrons. The predicted octanol–water partition coefficient (Wildman–Crippen LogP) is 5.26. The standard InChI is InChI=1S/C26H22N4O4/c1-16-27-22-13-17(9-12-23(22)34-16)28-26(31)21-15-30(18-7-5-4-6-8-18)29-25(21)20-11-10-19(32-2)14-24(20)33-3/h4-15H,1-3H3,(H,28,31). The molecule has 0 bridgehead atoms. The third kappa shape index (κ3) is 3.97. The Bertz CT molecular complexity index is 1490. The first-order valence-corrected chi connectivity index (χ1v) is 10.6. The SMILES string of the molecule is COc1ccc(-c2nn(-c3ccccc3)cc2C(=O)Nc2ccc3oc(C)nc3c2)c(OC)c1. The van der Waals surface area contributed by atoms with E-state index in [0.29, 0.717) is 51.0 Å². The van der Waals surface area contributed by atoms with Crippen molar-refractivity contribution in [2.24, 2.45) is 0 Å². The Morgan fingerprint density at radius 1 is 1.00 bits per heavy atom. The highest BCUT2D eigenvalue weighted by Gasteiger charge is 2.22. The quantitative estimate of drug-likeness (QED) is 0.376. The van der Waals surface area contributed by atoms with Crippen molar-refractivity contribution in [1.82, 2.24) is 14.8 Å².